The number of halogens is 1. The summed E-state index contributed by atoms with van der Waals surface area (Å²) in [5.74, 6) is 0. The zero-order valence-electron chi connectivity index (χ0n) is 14.0. The zero-order chi connectivity index (χ0) is 18.2. The van der Waals surface area contributed by atoms with Gasteiger partial charge in [-0.3, -0.25) is 4.98 Å². The van der Waals surface area contributed by atoms with Gasteiger partial charge in [-0.2, -0.15) is 5.26 Å². The second-order valence-electron chi connectivity index (χ2n) is 6.48. The lowest BCUT2D eigenvalue weighted by molar-refractivity contribution is 0.687. The monoisotopic (exact) mass is 408 g/mol. The standard InChI is InChI=1S/C21H17BrN2S/c1-13-11-24-18-9-8-16(22)10-17(18)19(13)20(25)14-4-6-15(7-5-14)21(2,3)12-23/h4-11,25H,1H2,2-3H3/b20-19+. The van der Waals surface area contributed by atoms with E-state index in [1.165, 1.54) is 0 Å². The highest BCUT2D eigenvalue weighted by molar-refractivity contribution is 9.10. The second kappa shape index (κ2) is 6.67. The molecule has 25 heavy (non-hydrogen) atoms. The molecule has 2 nitrogen and oxygen atoms in total. The molecule has 0 radical (unpaired) electrons. The van der Waals surface area contributed by atoms with Crippen LogP contribution in [-0.2, 0) is 5.41 Å². The van der Waals surface area contributed by atoms with Crippen LogP contribution in [0.25, 0.3) is 22.4 Å². The van der Waals surface area contributed by atoms with E-state index in [9.17, 15) is 5.26 Å². The number of hydrogen-bond acceptors (Lipinski definition) is 3. The molecule has 4 heteroatoms. The van der Waals surface area contributed by atoms with Gasteiger partial charge < -0.3 is 0 Å². The van der Waals surface area contributed by atoms with Gasteiger partial charge in [0.05, 0.1) is 17.0 Å². The number of thiol groups is 1. The number of pyridine rings is 1. The molecule has 0 amide bonds. The van der Waals surface area contributed by atoms with Crippen molar-refractivity contribution >= 4 is 50.9 Å². The Morgan fingerprint density at radius 3 is 2.52 bits per heavy atom. The fraction of sp³-hybridized carbons (Fsp3) is 0.143. The number of hydrogen-bond donors (Lipinski definition) is 1. The average Bonchev–Trinajstić information content (AvgIpc) is 2.61. The predicted molar refractivity (Wildman–Crippen MR) is 111 cm³/mol. The van der Waals surface area contributed by atoms with Crippen molar-refractivity contribution in [2.45, 2.75) is 19.3 Å². The van der Waals surface area contributed by atoms with Crippen molar-refractivity contribution in [2.24, 2.45) is 0 Å². The smallest absolute Gasteiger partial charge is 0.0766 e. The first-order valence-corrected chi connectivity index (χ1v) is 9.06. The summed E-state index contributed by atoms with van der Waals surface area (Å²) in [6.45, 7) is 7.95. The van der Waals surface area contributed by atoms with Gasteiger partial charge in [-0.1, -0.05) is 46.8 Å². The van der Waals surface area contributed by atoms with Crippen LogP contribution in [0.15, 0.2) is 53.1 Å². The van der Waals surface area contributed by atoms with E-state index < -0.39 is 5.41 Å². The molecule has 0 bridgehead atoms. The van der Waals surface area contributed by atoms with Crippen LogP contribution in [0.3, 0.4) is 0 Å². The molecular weight excluding hydrogens is 392 g/mol. The molecule has 0 unspecified atom stereocenters. The van der Waals surface area contributed by atoms with Crippen LogP contribution in [0.2, 0.25) is 0 Å². The Bertz CT molecular complexity index is 1110. The molecule has 3 aromatic rings. The summed E-state index contributed by atoms with van der Waals surface area (Å²) >= 11 is 8.31. The molecule has 0 aliphatic rings. The molecule has 0 fully saturated rings. The molecule has 0 atom stereocenters. The first kappa shape index (κ1) is 17.7. The van der Waals surface area contributed by atoms with Crippen molar-refractivity contribution in [3.8, 4) is 6.07 Å². The maximum Gasteiger partial charge on any atom is 0.0766 e. The average molecular weight is 409 g/mol. The lowest BCUT2D eigenvalue weighted by atomic mass is 9.86. The third-order valence-corrected chi connectivity index (χ3v) is 5.28. The van der Waals surface area contributed by atoms with Crippen molar-refractivity contribution in [3.05, 3.63) is 74.7 Å². The van der Waals surface area contributed by atoms with Gasteiger partial charge in [0.1, 0.15) is 0 Å². The molecular formula is C21H17BrN2S. The van der Waals surface area contributed by atoms with Crippen LogP contribution in [0, 0.1) is 11.3 Å². The maximum absolute atomic E-state index is 9.29. The molecule has 1 heterocycles. The second-order valence-corrected chi connectivity index (χ2v) is 7.85. The van der Waals surface area contributed by atoms with Crippen molar-refractivity contribution in [2.75, 3.05) is 0 Å². The van der Waals surface area contributed by atoms with E-state index in [1.807, 2.05) is 56.3 Å². The van der Waals surface area contributed by atoms with Crippen LogP contribution >= 0.6 is 28.6 Å². The SMILES string of the molecule is C=c1cnc2ccc(Br)cc2/c1=C(/S)c1ccc(C(C)(C)C#N)cc1. The van der Waals surface area contributed by atoms with Gasteiger partial charge in [-0.15, -0.1) is 12.6 Å². The topological polar surface area (TPSA) is 36.7 Å². The minimum atomic E-state index is -0.513. The van der Waals surface area contributed by atoms with Crippen molar-refractivity contribution < 1.29 is 0 Å². The summed E-state index contributed by atoms with van der Waals surface area (Å²) in [7, 11) is 0. The minimum Gasteiger partial charge on any atom is -0.256 e. The maximum atomic E-state index is 9.29. The Labute approximate surface area is 161 Å². The highest BCUT2D eigenvalue weighted by atomic mass is 79.9. The number of nitrogens with zero attached hydrogens (tertiary/aromatic N) is 2. The quantitative estimate of drug-likeness (QED) is 0.641. The molecule has 124 valence electrons. The summed E-state index contributed by atoms with van der Waals surface area (Å²) in [6.07, 6.45) is 1.77. The highest BCUT2D eigenvalue weighted by Crippen LogP contribution is 2.25. The van der Waals surface area contributed by atoms with Crippen molar-refractivity contribution in [1.29, 1.82) is 5.26 Å². The fourth-order valence-corrected chi connectivity index (χ4v) is 3.51. The normalized spacial score (nSPS) is 12.8. The summed E-state index contributed by atoms with van der Waals surface area (Å²) in [5.41, 5.74) is 2.36. The summed E-state index contributed by atoms with van der Waals surface area (Å²) in [6, 6.07) is 16.3. The number of rotatable bonds is 2. The van der Waals surface area contributed by atoms with E-state index in [2.05, 4.69) is 33.6 Å². The van der Waals surface area contributed by atoms with Crippen molar-refractivity contribution in [1.82, 2.24) is 4.98 Å². The molecule has 3 rings (SSSR count). The summed E-state index contributed by atoms with van der Waals surface area (Å²) in [4.78, 5) is 5.29. The molecule has 0 saturated carbocycles. The Morgan fingerprint density at radius 2 is 1.88 bits per heavy atom. The molecule has 0 saturated heterocycles. The lowest BCUT2D eigenvalue weighted by Gasteiger charge is -2.16. The van der Waals surface area contributed by atoms with Crippen LogP contribution in [0.1, 0.15) is 25.0 Å². The predicted octanol–water partition coefficient (Wildman–Crippen LogP) is 4.30. The fourth-order valence-electron chi connectivity index (χ4n) is 2.74. The number of benzene rings is 2. The zero-order valence-corrected chi connectivity index (χ0v) is 16.5. The molecule has 0 N–H and O–H groups in total. The highest BCUT2D eigenvalue weighted by Gasteiger charge is 2.19. The van der Waals surface area contributed by atoms with Gasteiger partial charge in [-0.05, 0) is 48.4 Å². The summed E-state index contributed by atoms with van der Waals surface area (Å²) < 4.78 is 0.987. The van der Waals surface area contributed by atoms with Gasteiger partial charge in [0, 0.05) is 26.2 Å². The van der Waals surface area contributed by atoms with E-state index in [0.29, 0.717) is 0 Å². The first-order valence-electron chi connectivity index (χ1n) is 7.82. The van der Waals surface area contributed by atoms with Crippen molar-refractivity contribution in [3.63, 3.8) is 0 Å². The Hall–Kier alpha value is -2.09. The van der Waals surface area contributed by atoms with Crippen LogP contribution in [0.5, 0.6) is 0 Å². The van der Waals surface area contributed by atoms with Gasteiger partial charge >= 0.3 is 0 Å². The lowest BCUT2D eigenvalue weighted by Crippen LogP contribution is -2.26. The van der Waals surface area contributed by atoms with E-state index in [-0.39, 0.29) is 0 Å². The van der Waals surface area contributed by atoms with Gasteiger partial charge in [-0.25, -0.2) is 0 Å². The van der Waals surface area contributed by atoms with E-state index in [4.69, 9.17) is 12.6 Å². The van der Waals surface area contributed by atoms with Crippen LogP contribution in [-0.4, -0.2) is 4.98 Å². The number of aromatic nitrogens is 1. The Balaban J connectivity index is 2.27. The van der Waals surface area contributed by atoms with E-state index in [0.717, 1.165) is 41.8 Å². The van der Waals surface area contributed by atoms with E-state index in [1.54, 1.807) is 6.20 Å². The van der Waals surface area contributed by atoms with Gasteiger partial charge in [0.15, 0.2) is 0 Å². The first-order chi connectivity index (χ1) is 11.8. The van der Waals surface area contributed by atoms with Gasteiger partial charge in [0.2, 0.25) is 0 Å². The van der Waals surface area contributed by atoms with E-state index >= 15 is 0 Å². The molecule has 1 aromatic heterocycles. The molecule has 0 aliphatic heterocycles. The number of nitriles is 1. The van der Waals surface area contributed by atoms with Crippen LogP contribution in [0.4, 0.5) is 0 Å². The van der Waals surface area contributed by atoms with Gasteiger partial charge in [0.25, 0.3) is 0 Å². The largest absolute Gasteiger partial charge is 0.256 e. The molecule has 0 spiro atoms. The number of fused-ring (bicyclic) bond motifs is 1. The summed E-state index contributed by atoms with van der Waals surface area (Å²) in [5, 5.41) is 12.1. The van der Waals surface area contributed by atoms with Crippen LogP contribution < -0.4 is 10.4 Å². The third-order valence-electron chi connectivity index (χ3n) is 4.30. The minimum absolute atomic E-state index is 0.513. The molecule has 2 aromatic carbocycles. The third kappa shape index (κ3) is 3.35. The Morgan fingerprint density at radius 1 is 1.20 bits per heavy atom. The molecule has 0 aliphatic carbocycles. The Kier molecular flexibility index (Phi) is 4.73.